The first kappa shape index (κ1) is 21.5. The predicted octanol–water partition coefficient (Wildman–Crippen LogP) is 5.28. The third-order valence-electron chi connectivity index (χ3n) is 5.83. The molecule has 2 aromatic carbocycles. The Morgan fingerprint density at radius 3 is 2.41 bits per heavy atom. The van der Waals surface area contributed by atoms with Crippen LogP contribution in [0.15, 0.2) is 48.5 Å². The lowest BCUT2D eigenvalue weighted by Crippen LogP contribution is -2.47. The number of aromatic hydroxyl groups is 1. The summed E-state index contributed by atoms with van der Waals surface area (Å²) < 4.78 is 1.55. The summed E-state index contributed by atoms with van der Waals surface area (Å²) in [4.78, 5) is 10.8. The van der Waals surface area contributed by atoms with Gasteiger partial charge in [0.2, 0.25) is 10.8 Å². The summed E-state index contributed by atoms with van der Waals surface area (Å²) in [6, 6.07) is 15.7. The molecular formula is C23H23Cl2N5OS. The van der Waals surface area contributed by atoms with E-state index in [4.69, 9.17) is 23.2 Å². The lowest BCUT2D eigenvalue weighted by atomic mass is 10.0. The van der Waals surface area contributed by atoms with Gasteiger partial charge in [-0.2, -0.15) is 4.52 Å². The standard InChI is InChI=1S/C23H23Cl2N5OS/c1-2-19-26-23-30(27-19)22(31)21(32-23)20(15-5-3-6-16(24)13-15)29-11-9-28(10-12-29)18-8-4-7-17(25)14-18/h3-8,13-14,20,31H,2,9-12H2,1H3/t20-/m0/s1. The molecule has 32 heavy (non-hydrogen) atoms. The number of hydrogen-bond acceptors (Lipinski definition) is 6. The van der Waals surface area contributed by atoms with Gasteiger partial charge in [0, 0.05) is 48.3 Å². The molecule has 1 N–H and O–H groups in total. The Bertz CT molecular complexity index is 1250. The van der Waals surface area contributed by atoms with Crippen molar-refractivity contribution >= 4 is 45.2 Å². The Hall–Kier alpha value is -2.32. The van der Waals surface area contributed by atoms with Crippen LogP contribution in [0.5, 0.6) is 5.88 Å². The monoisotopic (exact) mass is 487 g/mol. The second-order valence-electron chi connectivity index (χ2n) is 7.83. The highest BCUT2D eigenvalue weighted by Gasteiger charge is 2.32. The molecule has 1 aliphatic rings. The van der Waals surface area contributed by atoms with Crippen LogP contribution in [0, 0.1) is 0 Å². The van der Waals surface area contributed by atoms with Gasteiger partial charge < -0.3 is 10.0 Å². The van der Waals surface area contributed by atoms with Crippen LogP contribution in [0.2, 0.25) is 10.0 Å². The van der Waals surface area contributed by atoms with Crippen molar-refractivity contribution < 1.29 is 5.11 Å². The van der Waals surface area contributed by atoms with Gasteiger partial charge in [0.1, 0.15) is 0 Å². The van der Waals surface area contributed by atoms with Crippen molar-refractivity contribution in [1.82, 2.24) is 19.5 Å². The van der Waals surface area contributed by atoms with Crippen LogP contribution in [0.4, 0.5) is 5.69 Å². The summed E-state index contributed by atoms with van der Waals surface area (Å²) in [7, 11) is 0. The Kier molecular flexibility index (Phi) is 5.99. The van der Waals surface area contributed by atoms with Gasteiger partial charge in [0.15, 0.2) is 5.82 Å². The Morgan fingerprint density at radius 2 is 1.75 bits per heavy atom. The van der Waals surface area contributed by atoms with Gasteiger partial charge in [-0.25, -0.2) is 4.98 Å². The highest BCUT2D eigenvalue weighted by molar-refractivity contribution is 7.17. The molecular weight excluding hydrogens is 465 g/mol. The van der Waals surface area contributed by atoms with E-state index in [1.54, 1.807) is 4.52 Å². The number of aromatic nitrogens is 3. The van der Waals surface area contributed by atoms with Crippen LogP contribution in [-0.4, -0.2) is 50.8 Å². The van der Waals surface area contributed by atoms with E-state index in [2.05, 4.69) is 32.0 Å². The fourth-order valence-electron chi connectivity index (χ4n) is 4.23. The van der Waals surface area contributed by atoms with Crippen molar-refractivity contribution in [3.05, 3.63) is 74.8 Å². The quantitative estimate of drug-likeness (QED) is 0.415. The molecule has 166 valence electrons. The van der Waals surface area contributed by atoms with Gasteiger partial charge in [0.05, 0.1) is 10.9 Å². The number of rotatable bonds is 5. The maximum Gasteiger partial charge on any atom is 0.230 e. The maximum atomic E-state index is 11.1. The van der Waals surface area contributed by atoms with Crippen molar-refractivity contribution in [2.45, 2.75) is 19.4 Å². The fourth-order valence-corrected chi connectivity index (χ4v) is 5.75. The molecule has 5 rings (SSSR count). The van der Waals surface area contributed by atoms with E-state index in [1.165, 1.54) is 11.3 Å². The molecule has 0 radical (unpaired) electrons. The molecule has 1 fully saturated rings. The third kappa shape index (κ3) is 4.06. The molecule has 1 atom stereocenters. The average molecular weight is 488 g/mol. The fraction of sp³-hybridized carbons (Fsp3) is 0.304. The maximum absolute atomic E-state index is 11.1. The zero-order valence-electron chi connectivity index (χ0n) is 17.6. The zero-order chi connectivity index (χ0) is 22.2. The molecule has 4 aromatic rings. The van der Waals surface area contributed by atoms with Crippen molar-refractivity contribution in [1.29, 1.82) is 0 Å². The van der Waals surface area contributed by atoms with E-state index in [-0.39, 0.29) is 11.9 Å². The van der Waals surface area contributed by atoms with Gasteiger partial charge in [-0.15, -0.1) is 5.10 Å². The van der Waals surface area contributed by atoms with Crippen molar-refractivity contribution in [3.63, 3.8) is 0 Å². The lowest BCUT2D eigenvalue weighted by molar-refractivity contribution is 0.211. The Balaban J connectivity index is 1.48. The van der Waals surface area contributed by atoms with E-state index in [1.807, 2.05) is 43.3 Å². The highest BCUT2D eigenvalue weighted by atomic mass is 35.5. The lowest BCUT2D eigenvalue weighted by Gasteiger charge is -2.40. The molecule has 0 unspecified atom stereocenters. The average Bonchev–Trinajstić information content (AvgIpc) is 3.34. The Labute approximate surface area is 200 Å². The summed E-state index contributed by atoms with van der Waals surface area (Å²) in [5, 5.41) is 16.9. The SMILES string of the molecule is CCc1nc2sc([C@H](c3cccc(Cl)c3)N3CCN(c4cccc(Cl)c4)CC3)c(O)n2n1. The number of halogens is 2. The number of piperazine rings is 1. The summed E-state index contributed by atoms with van der Waals surface area (Å²) in [5.74, 6) is 0.881. The number of anilines is 1. The van der Waals surface area contributed by atoms with E-state index < -0.39 is 0 Å². The second kappa shape index (κ2) is 8.90. The minimum absolute atomic E-state index is 0.131. The van der Waals surface area contributed by atoms with Gasteiger partial charge in [-0.3, -0.25) is 4.90 Å². The van der Waals surface area contributed by atoms with Crippen LogP contribution in [-0.2, 0) is 6.42 Å². The molecule has 0 bridgehead atoms. The summed E-state index contributed by atoms with van der Waals surface area (Å²) in [6.07, 6.45) is 0.729. The van der Waals surface area contributed by atoms with E-state index in [9.17, 15) is 5.11 Å². The van der Waals surface area contributed by atoms with Gasteiger partial charge >= 0.3 is 0 Å². The summed E-state index contributed by atoms with van der Waals surface area (Å²) in [6.45, 7) is 5.39. The van der Waals surface area contributed by atoms with E-state index in [0.29, 0.717) is 9.98 Å². The largest absolute Gasteiger partial charge is 0.492 e. The molecule has 6 nitrogen and oxygen atoms in total. The van der Waals surface area contributed by atoms with Crippen LogP contribution in [0.3, 0.4) is 0 Å². The highest BCUT2D eigenvalue weighted by Crippen LogP contribution is 2.41. The second-order valence-corrected chi connectivity index (χ2v) is 9.71. The van der Waals surface area contributed by atoms with Gasteiger partial charge in [0.25, 0.3) is 0 Å². The van der Waals surface area contributed by atoms with Crippen molar-refractivity contribution in [3.8, 4) is 5.88 Å². The first-order chi connectivity index (χ1) is 15.5. The molecule has 0 amide bonds. The number of nitrogens with zero attached hydrogens (tertiary/aromatic N) is 5. The van der Waals surface area contributed by atoms with Crippen LogP contribution in [0.1, 0.15) is 29.2 Å². The smallest absolute Gasteiger partial charge is 0.230 e. The molecule has 0 aliphatic carbocycles. The molecule has 0 saturated carbocycles. The summed E-state index contributed by atoms with van der Waals surface area (Å²) in [5.41, 5.74) is 2.18. The molecule has 1 saturated heterocycles. The normalized spacial score (nSPS) is 16.0. The molecule has 3 heterocycles. The van der Waals surface area contributed by atoms with Gasteiger partial charge in [-0.05, 0) is 35.9 Å². The third-order valence-corrected chi connectivity index (χ3v) is 7.37. The van der Waals surface area contributed by atoms with Gasteiger partial charge in [-0.1, -0.05) is 59.7 Å². The minimum atomic E-state index is -0.131. The minimum Gasteiger partial charge on any atom is -0.492 e. The van der Waals surface area contributed by atoms with E-state index in [0.717, 1.165) is 59.6 Å². The van der Waals surface area contributed by atoms with Crippen molar-refractivity contribution in [2.24, 2.45) is 0 Å². The molecule has 0 spiro atoms. The summed E-state index contributed by atoms with van der Waals surface area (Å²) >= 11 is 14.0. The zero-order valence-corrected chi connectivity index (χ0v) is 19.9. The number of aryl methyl sites for hydroxylation is 1. The predicted molar refractivity (Wildman–Crippen MR) is 130 cm³/mol. The first-order valence-corrected chi connectivity index (χ1v) is 12.2. The van der Waals surface area contributed by atoms with Crippen LogP contribution < -0.4 is 4.90 Å². The number of thiazole rings is 1. The van der Waals surface area contributed by atoms with Crippen molar-refractivity contribution in [2.75, 3.05) is 31.1 Å². The first-order valence-electron chi connectivity index (χ1n) is 10.6. The molecule has 2 aromatic heterocycles. The number of benzene rings is 2. The molecule has 1 aliphatic heterocycles. The number of fused-ring (bicyclic) bond motifs is 1. The Morgan fingerprint density at radius 1 is 1.03 bits per heavy atom. The van der Waals surface area contributed by atoms with E-state index >= 15 is 0 Å². The van der Waals surface area contributed by atoms with Crippen LogP contribution >= 0.6 is 34.5 Å². The topological polar surface area (TPSA) is 56.9 Å². The number of hydrogen-bond donors (Lipinski definition) is 1. The van der Waals surface area contributed by atoms with Crippen LogP contribution in [0.25, 0.3) is 4.96 Å². The molecule has 9 heteroatoms.